The lowest BCUT2D eigenvalue weighted by Gasteiger charge is -2.28. The zero-order valence-electron chi connectivity index (χ0n) is 17.7. The number of nitrogens with zero attached hydrogens (tertiary/aromatic N) is 1. The lowest BCUT2D eigenvalue weighted by Crippen LogP contribution is -2.46. The van der Waals surface area contributed by atoms with Crippen LogP contribution in [0.2, 0.25) is 0 Å². The predicted molar refractivity (Wildman–Crippen MR) is 113 cm³/mol. The molecule has 0 aliphatic rings. The van der Waals surface area contributed by atoms with Gasteiger partial charge in [-0.15, -0.1) is 0 Å². The van der Waals surface area contributed by atoms with Gasteiger partial charge in [0.15, 0.2) is 21.3 Å². The second-order valence-electron chi connectivity index (χ2n) is 6.92. The molecule has 0 fully saturated rings. The number of methoxy groups -OCH3 is 2. The van der Waals surface area contributed by atoms with Crippen LogP contribution in [0.4, 0.5) is 0 Å². The number of nitrogens with one attached hydrogen (secondary N) is 1. The van der Waals surface area contributed by atoms with E-state index in [2.05, 4.69) is 0 Å². The summed E-state index contributed by atoms with van der Waals surface area (Å²) < 4.78 is 37.2. The normalized spacial score (nSPS) is 13.1. The van der Waals surface area contributed by atoms with Crippen molar-refractivity contribution in [2.75, 3.05) is 27.8 Å². The summed E-state index contributed by atoms with van der Waals surface area (Å²) in [6, 6.07) is 12.5. The summed E-state index contributed by atoms with van der Waals surface area (Å²) in [6.45, 7) is 1.09. The molecule has 0 saturated carbocycles. The molecule has 0 saturated heterocycles. The van der Waals surface area contributed by atoms with Gasteiger partial charge in [-0.2, -0.15) is 0 Å². The molecule has 2 rings (SSSR count). The number of hydroxylamine groups is 1. The predicted octanol–water partition coefficient (Wildman–Crippen LogP) is 1.76. The molecule has 0 spiro atoms. The number of sulfone groups is 1. The van der Waals surface area contributed by atoms with E-state index in [-0.39, 0.29) is 17.2 Å². The Labute approximate surface area is 181 Å². The van der Waals surface area contributed by atoms with Gasteiger partial charge < -0.3 is 14.4 Å². The quantitative estimate of drug-likeness (QED) is 0.441. The van der Waals surface area contributed by atoms with Crippen LogP contribution in [0.5, 0.6) is 11.5 Å². The monoisotopic (exact) mass is 450 g/mol. The van der Waals surface area contributed by atoms with Gasteiger partial charge in [0.25, 0.3) is 5.91 Å². The first-order chi connectivity index (χ1) is 14.7. The van der Waals surface area contributed by atoms with Crippen molar-refractivity contribution < 1.29 is 32.7 Å². The molecule has 0 radical (unpaired) electrons. The molecule has 2 unspecified atom stereocenters. The molecule has 31 heavy (non-hydrogen) atoms. The minimum Gasteiger partial charge on any atom is -0.493 e. The van der Waals surface area contributed by atoms with E-state index in [1.54, 1.807) is 30.3 Å². The average molecular weight is 451 g/mol. The highest BCUT2D eigenvalue weighted by Gasteiger charge is 2.38. The highest BCUT2D eigenvalue weighted by atomic mass is 32.2. The molecule has 0 bridgehead atoms. The Kier molecular flexibility index (Phi) is 8.01. The standard InChI is InChI=1S/C21H26N2O7S/c1-14(20(24)22-26)19(13-23(2)21(25)15-8-6-5-7-9-15)31(27,28)16-10-11-17(29-3)18(12-16)30-4/h5-12,14,19,26H,13H2,1-4H3,(H,22,24). The van der Waals surface area contributed by atoms with E-state index in [0.29, 0.717) is 11.3 Å². The van der Waals surface area contributed by atoms with E-state index in [4.69, 9.17) is 14.7 Å². The zero-order chi connectivity index (χ0) is 23.2. The molecule has 0 heterocycles. The fourth-order valence-electron chi connectivity index (χ4n) is 3.12. The van der Waals surface area contributed by atoms with E-state index in [0.717, 1.165) is 0 Å². The van der Waals surface area contributed by atoms with Gasteiger partial charge in [0, 0.05) is 25.2 Å². The summed E-state index contributed by atoms with van der Waals surface area (Å²) in [6.07, 6.45) is 0. The van der Waals surface area contributed by atoms with Crippen LogP contribution >= 0.6 is 0 Å². The van der Waals surface area contributed by atoms with E-state index >= 15 is 0 Å². The van der Waals surface area contributed by atoms with Crippen LogP contribution in [0, 0.1) is 5.92 Å². The maximum atomic E-state index is 13.5. The molecule has 2 atom stereocenters. The molecule has 2 aromatic carbocycles. The third kappa shape index (κ3) is 5.33. The number of ether oxygens (including phenoxy) is 2. The molecular formula is C21H26N2O7S. The summed E-state index contributed by atoms with van der Waals surface area (Å²) in [4.78, 5) is 26.0. The largest absolute Gasteiger partial charge is 0.493 e. The van der Waals surface area contributed by atoms with E-state index in [1.807, 2.05) is 0 Å². The number of hydrogen-bond donors (Lipinski definition) is 2. The van der Waals surface area contributed by atoms with Crippen LogP contribution in [-0.4, -0.2) is 63.4 Å². The minimum atomic E-state index is -4.13. The van der Waals surface area contributed by atoms with Gasteiger partial charge in [-0.05, 0) is 24.3 Å². The van der Waals surface area contributed by atoms with Gasteiger partial charge >= 0.3 is 0 Å². The molecule has 2 N–H and O–H groups in total. The lowest BCUT2D eigenvalue weighted by atomic mass is 10.1. The molecule has 0 aromatic heterocycles. The van der Waals surface area contributed by atoms with Crippen LogP contribution in [0.25, 0.3) is 0 Å². The summed E-state index contributed by atoms with van der Waals surface area (Å²) in [5.41, 5.74) is 1.87. The zero-order valence-corrected chi connectivity index (χ0v) is 18.5. The number of carbonyl (C=O) groups excluding carboxylic acids is 2. The number of carbonyl (C=O) groups is 2. The summed E-state index contributed by atoms with van der Waals surface area (Å²) in [5, 5.41) is 7.71. The van der Waals surface area contributed by atoms with Crippen LogP contribution in [-0.2, 0) is 14.6 Å². The molecule has 0 aliphatic carbocycles. The minimum absolute atomic E-state index is 0.103. The molecule has 168 valence electrons. The molecule has 2 amide bonds. The first-order valence-electron chi connectivity index (χ1n) is 9.37. The van der Waals surface area contributed by atoms with Gasteiger partial charge in [-0.3, -0.25) is 14.8 Å². The third-order valence-electron chi connectivity index (χ3n) is 4.98. The SMILES string of the molecule is COc1ccc(S(=O)(=O)C(CN(C)C(=O)c2ccccc2)C(C)C(=O)NO)cc1OC. The second kappa shape index (κ2) is 10.3. The van der Waals surface area contributed by atoms with Gasteiger partial charge in [-0.1, -0.05) is 25.1 Å². The fraction of sp³-hybridized carbons (Fsp3) is 0.333. The van der Waals surface area contributed by atoms with Crippen LogP contribution in [0.15, 0.2) is 53.4 Å². The van der Waals surface area contributed by atoms with Crippen molar-refractivity contribution in [3.63, 3.8) is 0 Å². The molecular weight excluding hydrogens is 424 g/mol. The molecule has 0 aliphatic heterocycles. The summed E-state index contributed by atoms with van der Waals surface area (Å²) in [5.74, 6) is -1.89. The second-order valence-corrected chi connectivity index (χ2v) is 9.08. The summed E-state index contributed by atoms with van der Waals surface area (Å²) >= 11 is 0. The smallest absolute Gasteiger partial charge is 0.253 e. The van der Waals surface area contributed by atoms with Gasteiger partial charge in [0.2, 0.25) is 5.91 Å². The van der Waals surface area contributed by atoms with E-state index in [9.17, 15) is 18.0 Å². The maximum absolute atomic E-state index is 13.5. The van der Waals surface area contributed by atoms with Crippen LogP contribution < -0.4 is 15.0 Å². The number of rotatable bonds is 9. The van der Waals surface area contributed by atoms with Gasteiger partial charge in [0.05, 0.1) is 30.3 Å². The Morgan fingerprint density at radius 2 is 1.68 bits per heavy atom. The van der Waals surface area contributed by atoms with Gasteiger partial charge in [-0.25, -0.2) is 13.9 Å². The number of amides is 2. The third-order valence-corrected chi connectivity index (χ3v) is 7.25. The highest BCUT2D eigenvalue weighted by Crippen LogP contribution is 2.32. The summed E-state index contributed by atoms with van der Waals surface area (Å²) in [7, 11) is 0.127. The van der Waals surface area contributed by atoms with Crippen molar-refractivity contribution in [2.45, 2.75) is 17.1 Å². The molecule has 2 aromatic rings. The van der Waals surface area contributed by atoms with Crippen molar-refractivity contribution >= 4 is 21.7 Å². The van der Waals surface area contributed by atoms with E-state index in [1.165, 1.54) is 56.8 Å². The Bertz CT molecular complexity index is 1030. The molecule has 9 nitrogen and oxygen atoms in total. The van der Waals surface area contributed by atoms with E-state index < -0.39 is 32.8 Å². The fourth-order valence-corrected chi connectivity index (χ4v) is 5.08. The number of hydrogen-bond acceptors (Lipinski definition) is 7. The Hall–Kier alpha value is -3.11. The van der Waals surface area contributed by atoms with Crippen molar-refractivity contribution in [1.82, 2.24) is 10.4 Å². The maximum Gasteiger partial charge on any atom is 0.253 e. The number of benzene rings is 2. The van der Waals surface area contributed by atoms with Crippen molar-refractivity contribution in [3.05, 3.63) is 54.1 Å². The lowest BCUT2D eigenvalue weighted by molar-refractivity contribution is -0.133. The first kappa shape index (κ1) is 24.2. The van der Waals surface area contributed by atoms with Crippen LogP contribution in [0.3, 0.4) is 0 Å². The Morgan fingerprint density at radius 3 is 2.23 bits per heavy atom. The molecule has 10 heteroatoms. The average Bonchev–Trinajstić information content (AvgIpc) is 2.80. The van der Waals surface area contributed by atoms with Gasteiger partial charge in [0.1, 0.15) is 0 Å². The van der Waals surface area contributed by atoms with Crippen molar-refractivity contribution in [2.24, 2.45) is 5.92 Å². The Balaban J connectivity index is 2.45. The van der Waals surface area contributed by atoms with Crippen molar-refractivity contribution in [1.29, 1.82) is 0 Å². The van der Waals surface area contributed by atoms with Crippen LogP contribution in [0.1, 0.15) is 17.3 Å². The highest BCUT2D eigenvalue weighted by molar-refractivity contribution is 7.92. The topological polar surface area (TPSA) is 122 Å². The first-order valence-corrected chi connectivity index (χ1v) is 10.9. The Morgan fingerprint density at radius 1 is 1.06 bits per heavy atom. The van der Waals surface area contributed by atoms with Crippen molar-refractivity contribution in [3.8, 4) is 11.5 Å².